The summed E-state index contributed by atoms with van der Waals surface area (Å²) in [4.78, 5) is 0. The summed E-state index contributed by atoms with van der Waals surface area (Å²) in [5, 5.41) is 0. The maximum atomic E-state index is 12.4. The van der Waals surface area contributed by atoms with Crippen LogP contribution < -0.4 is 61.6 Å². The van der Waals surface area contributed by atoms with E-state index in [0.717, 1.165) is 12.1 Å². The van der Waals surface area contributed by atoms with E-state index in [1.807, 2.05) is 0 Å². The van der Waals surface area contributed by atoms with E-state index in [1.165, 1.54) is 20.3 Å². The monoisotopic (exact) mass is 258 g/mol. The Kier molecular flexibility index (Phi) is 7.23. The van der Waals surface area contributed by atoms with Gasteiger partial charge >= 0.3 is 58.4 Å². The quantitative estimate of drug-likeness (QED) is 0.638. The number of hydrogen-bond acceptors (Lipinski definition) is 2. The molecule has 0 saturated heterocycles. The van der Waals surface area contributed by atoms with Crippen LogP contribution in [0.4, 0.5) is 12.9 Å². The summed E-state index contributed by atoms with van der Waals surface area (Å²) in [5.41, 5.74) is -0.0597. The van der Waals surface area contributed by atoms with Gasteiger partial charge in [-0.3, -0.25) is 0 Å². The topological polar surface area (TPSA) is 18.5 Å². The van der Waals surface area contributed by atoms with Gasteiger partial charge < -0.3 is 22.4 Å². The van der Waals surface area contributed by atoms with Crippen molar-refractivity contribution in [3.8, 4) is 5.75 Å². The van der Waals surface area contributed by atoms with Crippen molar-refractivity contribution in [3.63, 3.8) is 0 Å². The Morgan fingerprint density at radius 2 is 1.81 bits per heavy atom. The van der Waals surface area contributed by atoms with Gasteiger partial charge in [-0.15, -0.1) is 5.46 Å². The average Bonchev–Trinajstić information content (AvgIpc) is 2.17. The van der Waals surface area contributed by atoms with Crippen LogP contribution >= 0.6 is 0 Å². The zero-order chi connectivity index (χ0) is 11.5. The molecular formula is C9H11BF3KO2. The molecule has 1 aromatic rings. The molecule has 7 heteroatoms. The summed E-state index contributed by atoms with van der Waals surface area (Å²) in [6.07, 6.45) is 0. The maximum Gasteiger partial charge on any atom is 1.00 e. The van der Waals surface area contributed by atoms with E-state index >= 15 is 0 Å². The number of hydrogen-bond donors (Lipinski definition) is 0. The van der Waals surface area contributed by atoms with Crippen molar-refractivity contribution in [1.82, 2.24) is 0 Å². The standard InChI is InChI=1S/C9H11BF3O2.K/c1-14-6-7-3-4-8(10(11,12)13)5-9(7)15-2;/h3-5H,6H2,1-2H3;/q-1;+1. The van der Waals surface area contributed by atoms with E-state index in [2.05, 4.69) is 0 Å². The normalized spacial score (nSPS) is 10.8. The molecule has 0 saturated carbocycles. The first-order valence-corrected chi connectivity index (χ1v) is 4.34. The molecule has 0 aliphatic rings. The van der Waals surface area contributed by atoms with Crippen molar-refractivity contribution in [2.24, 2.45) is 0 Å². The minimum atomic E-state index is -4.98. The van der Waals surface area contributed by atoms with Crippen molar-refractivity contribution in [2.45, 2.75) is 6.61 Å². The molecule has 1 aromatic carbocycles. The van der Waals surface area contributed by atoms with Crippen LogP contribution in [0, 0.1) is 0 Å². The Hall–Kier alpha value is 0.471. The smallest absolute Gasteiger partial charge is 0.497 e. The molecule has 0 radical (unpaired) electrons. The molecule has 0 amide bonds. The van der Waals surface area contributed by atoms with Crippen molar-refractivity contribution in [1.29, 1.82) is 0 Å². The summed E-state index contributed by atoms with van der Waals surface area (Å²) in [5.74, 6) is 0.202. The molecule has 0 aromatic heterocycles. The van der Waals surface area contributed by atoms with Gasteiger partial charge in [-0.2, -0.15) is 0 Å². The number of benzene rings is 1. The average molecular weight is 258 g/mol. The fourth-order valence-electron chi connectivity index (χ4n) is 1.24. The van der Waals surface area contributed by atoms with Crippen LogP contribution in [0.5, 0.6) is 5.75 Å². The first kappa shape index (κ1) is 16.5. The summed E-state index contributed by atoms with van der Waals surface area (Å²) in [6, 6.07) is 3.40. The summed E-state index contributed by atoms with van der Waals surface area (Å²) < 4.78 is 46.9. The molecule has 0 bridgehead atoms. The number of rotatable bonds is 4. The molecular weight excluding hydrogens is 247 g/mol. The minimum absolute atomic E-state index is 0. The van der Waals surface area contributed by atoms with Gasteiger partial charge in [0.25, 0.3) is 0 Å². The molecule has 84 valence electrons. The Morgan fingerprint density at radius 3 is 2.25 bits per heavy atom. The van der Waals surface area contributed by atoms with Crippen LogP contribution in [0.3, 0.4) is 0 Å². The molecule has 0 fully saturated rings. The van der Waals surface area contributed by atoms with Gasteiger partial charge in [0.05, 0.1) is 13.7 Å². The van der Waals surface area contributed by atoms with Crippen molar-refractivity contribution < 1.29 is 73.8 Å². The van der Waals surface area contributed by atoms with Gasteiger partial charge in [0.2, 0.25) is 0 Å². The Bertz CT molecular complexity index is 344. The van der Waals surface area contributed by atoms with E-state index in [9.17, 15) is 12.9 Å². The largest absolute Gasteiger partial charge is 1.00 e. The second-order valence-corrected chi connectivity index (χ2v) is 3.08. The first-order chi connectivity index (χ1) is 6.99. The molecule has 0 N–H and O–H groups in total. The summed E-state index contributed by atoms with van der Waals surface area (Å²) >= 11 is 0. The van der Waals surface area contributed by atoms with E-state index in [4.69, 9.17) is 9.47 Å². The Balaban J connectivity index is 0.00000225. The molecule has 1 rings (SSSR count). The van der Waals surface area contributed by atoms with Gasteiger partial charge in [0, 0.05) is 12.7 Å². The predicted molar refractivity (Wildman–Crippen MR) is 52.4 cm³/mol. The third kappa shape index (κ3) is 4.39. The molecule has 16 heavy (non-hydrogen) atoms. The minimum Gasteiger partial charge on any atom is -0.497 e. The molecule has 0 aliphatic heterocycles. The number of halogens is 3. The third-order valence-corrected chi connectivity index (χ3v) is 1.99. The molecule has 0 unspecified atom stereocenters. The van der Waals surface area contributed by atoms with Crippen molar-refractivity contribution in [2.75, 3.05) is 14.2 Å². The van der Waals surface area contributed by atoms with Crippen LogP contribution in [-0.2, 0) is 11.3 Å². The van der Waals surface area contributed by atoms with Crippen LogP contribution in [0.2, 0.25) is 0 Å². The molecule has 0 aliphatic carbocycles. The SMILES string of the molecule is COCc1ccc([B-](F)(F)F)cc1OC.[K+]. The predicted octanol–water partition coefficient (Wildman–Crippen LogP) is -1.10. The fraction of sp³-hybridized carbons (Fsp3) is 0.333. The molecule has 0 heterocycles. The van der Waals surface area contributed by atoms with Crippen molar-refractivity contribution >= 4 is 12.4 Å². The van der Waals surface area contributed by atoms with Crippen LogP contribution in [-0.4, -0.2) is 21.2 Å². The van der Waals surface area contributed by atoms with Gasteiger partial charge in [0.1, 0.15) is 5.75 Å². The zero-order valence-corrected chi connectivity index (χ0v) is 12.6. The van der Waals surface area contributed by atoms with Crippen LogP contribution in [0.25, 0.3) is 0 Å². The zero-order valence-electron chi connectivity index (χ0n) is 9.47. The second kappa shape index (κ2) is 7.03. The van der Waals surface area contributed by atoms with Gasteiger partial charge in [-0.25, -0.2) is 0 Å². The second-order valence-electron chi connectivity index (χ2n) is 3.08. The van der Waals surface area contributed by atoms with E-state index in [-0.39, 0.29) is 63.7 Å². The molecule has 2 nitrogen and oxygen atoms in total. The van der Waals surface area contributed by atoms with E-state index < -0.39 is 12.4 Å². The summed E-state index contributed by atoms with van der Waals surface area (Å²) in [6.45, 7) is -4.75. The Labute approximate surface area is 135 Å². The van der Waals surface area contributed by atoms with Crippen molar-refractivity contribution in [3.05, 3.63) is 23.8 Å². The summed E-state index contributed by atoms with van der Waals surface area (Å²) in [7, 11) is 2.81. The van der Waals surface area contributed by atoms with Gasteiger partial charge in [-0.1, -0.05) is 12.1 Å². The first-order valence-electron chi connectivity index (χ1n) is 4.34. The fourth-order valence-corrected chi connectivity index (χ4v) is 1.24. The molecule has 0 spiro atoms. The van der Waals surface area contributed by atoms with E-state index in [1.54, 1.807) is 0 Å². The van der Waals surface area contributed by atoms with Gasteiger partial charge in [0.15, 0.2) is 0 Å². The van der Waals surface area contributed by atoms with Crippen LogP contribution in [0.1, 0.15) is 5.56 Å². The number of ether oxygens (including phenoxy) is 2. The van der Waals surface area contributed by atoms with E-state index in [0.29, 0.717) is 5.56 Å². The Morgan fingerprint density at radius 1 is 1.19 bits per heavy atom. The maximum absolute atomic E-state index is 12.4. The number of methoxy groups -OCH3 is 2. The van der Waals surface area contributed by atoms with Gasteiger partial charge in [-0.05, 0) is 6.07 Å². The van der Waals surface area contributed by atoms with Crippen LogP contribution in [0.15, 0.2) is 18.2 Å². The third-order valence-electron chi connectivity index (χ3n) is 1.99. The molecule has 0 atom stereocenters.